The molecule has 0 aliphatic heterocycles. The first-order valence-corrected chi connectivity index (χ1v) is 6.08. The van der Waals surface area contributed by atoms with Crippen LogP contribution in [0.3, 0.4) is 0 Å². The summed E-state index contributed by atoms with van der Waals surface area (Å²) in [4.78, 5) is 10.9. The molecule has 0 amide bonds. The van der Waals surface area contributed by atoms with E-state index >= 15 is 0 Å². The Morgan fingerprint density at radius 1 is 0.947 bits per heavy atom. The Morgan fingerprint density at radius 3 is 2.05 bits per heavy atom. The van der Waals surface area contributed by atoms with E-state index in [1.807, 2.05) is 24.3 Å². The van der Waals surface area contributed by atoms with Gasteiger partial charge in [-0.05, 0) is 35.0 Å². The Kier molecular flexibility index (Phi) is 2.80. The van der Waals surface area contributed by atoms with E-state index in [9.17, 15) is 4.79 Å². The van der Waals surface area contributed by atoms with Crippen molar-refractivity contribution in [1.82, 2.24) is 4.57 Å². The number of benzene rings is 2. The highest BCUT2D eigenvalue weighted by Crippen LogP contribution is 2.20. The summed E-state index contributed by atoms with van der Waals surface area (Å²) in [5.41, 5.74) is 1.03. The van der Waals surface area contributed by atoms with Gasteiger partial charge < -0.3 is 9.30 Å². The number of rotatable bonds is 2. The summed E-state index contributed by atoms with van der Waals surface area (Å²) in [7, 11) is 0. The van der Waals surface area contributed by atoms with Crippen molar-refractivity contribution < 1.29 is 9.53 Å². The molecule has 19 heavy (non-hydrogen) atoms. The third-order valence-corrected chi connectivity index (χ3v) is 2.95. The topological polar surface area (TPSA) is 31.2 Å². The first kappa shape index (κ1) is 11.5. The van der Waals surface area contributed by atoms with Crippen LogP contribution >= 0.6 is 0 Å². The number of aromatic nitrogens is 1. The SMILES string of the molecule is CC(=O)Oc1ccc(-n2cc3ccccc3c2)cc1. The molecule has 0 spiro atoms. The lowest BCUT2D eigenvalue weighted by Gasteiger charge is -2.04. The van der Waals surface area contributed by atoms with E-state index in [2.05, 4.69) is 29.1 Å². The van der Waals surface area contributed by atoms with Gasteiger partial charge in [0.1, 0.15) is 5.75 Å². The summed E-state index contributed by atoms with van der Waals surface area (Å²) in [6.07, 6.45) is 4.16. The van der Waals surface area contributed by atoms with Gasteiger partial charge in [-0.25, -0.2) is 0 Å². The average molecular weight is 251 g/mol. The summed E-state index contributed by atoms with van der Waals surface area (Å²) < 4.78 is 7.07. The molecule has 0 saturated carbocycles. The van der Waals surface area contributed by atoms with Crippen molar-refractivity contribution in [2.75, 3.05) is 0 Å². The largest absolute Gasteiger partial charge is 0.427 e. The lowest BCUT2D eigenvalue weighted by Crippen LogP contribution is -2.01. The van der Waals surface area contributed by atoms with Gasteiger partial charge >= 0.3 is 5.97 Å². The number of hydrogen-bond donors (Lipinski definition) is 0. The molecule has 0 N–H and O–H groups in total. The molecule has 0 atom stereocenters. The standard InChI is InChI=1S/C16H13NO2/c1-12(18)19-16-8-6-15(7-9-16)17-10-13-4-2-3-5-14(13)11-17/h2-11H,1H3. The van der Waals surface area contributed by atoms with E-state index in [4.69, 9.17) is 4.74 Å². The molecule has 3 heteroatoms. The van der Waals surface area contributed by atoms with Gasteiger partial charge in [-0.2, -0.15) is 0 Å². The summed E-state index contributed by atoms with van der Waals surface area (Å²) in [6.45, 7) is 1.40. The Bertz CT molecular complexity index is 693. The fourth-order valence-corrected chi connectivity index (χ4v) is 2.08. The highest BCUT2D eigenvalue weighted by Gasteiger charge is 2.02. The molecule has 0 aliphatic carbocycles. The molecule has 0 saturated heterocycles. The highest BCUT2D eigenvalue weighted by molar-refractivity contribution is 5.82. The molecule has 1 heterocycles. The van der Waals surface area contributed by atoms with Crippen molar-refractivity contribution in [3.63, 3.8) is 0 Å². The molecule has 0 aliphatic rings. The van der Waals surface area contributed by atoms with Gasteiger partial charge in [0.15, 0.2) is 0 Å². The van der Waals surface area contributed by atoms with Gasteiger partial charge in [0, 0.05) is 25.0 Å². The van der Waals surface area contributed by atoms with E-state index in [0.717, 1.165) is 5.69 Å². The van der Waals surface area contributed by atoms with Crippen LogP contribution in [0.25, 0.3) is 16.5 Å². The highest BCUT2D eigenvalue weighted by atomic mass is 16.5. The monoisotopic (exact) mass is 251 g/mol. The normalized spacial score (nSPS) is 10.6. The molecule has 0 unspecified atom stereocenters. The zero-order chi connectivity index (χ0) is 13.2. The van der Waals surface area contributed by atoms with Crippen LogP contribution in [-0.2, 0) is 4.79 Å². The number of ether oxygens (including phenoxy) is 1. The van der Waals surface area contributed by atoms with Crippen LogP contribution in [0.15, 0.2) is 60.9 Å². The third kappa shape index (κ3) is 2.36. The second-order valence-corrected chi connectivity index (χ2v) is 4.38. The molecular formula is C16H13NO2. The van der Waals surface area contributed by atoms with Gasteiger partial charge in [-0.15, -0.1) is 0 Å². The first-order chi connectivity index (χ1) is 9.22. The fraction of sp³-hybridized carbons (Fsp3) is 0.0625. The molecule has 3 nitrogen and oxygen atoms in total. The maximum atomic E-state index is 10.9. The number of esters is 1. The van der Waals surface area contributed by atoms with Gasteiger partial charge in [0.25, 0.3) is 0 Å². The van der Waals surface area contributed by atoms with Crippen LogP contribution in [0.1, 0.15) is 6.92 Å². The van der Waals surface area contributed by atoms with Crippen LogP contribution in [0.2, 0.25) is 0 Å². The minimum atomic E-state index is -0.306. The second-order valence-electron chi connectivity index (χ2n) is 4.38. The number of nitrogens with zero attached hydrogens (tertiary/aromatic N) is 1. The molecule has 0 radical (unpaired) electrons. The van der Waals surface area contributed by atoms with Gasteiger partial charge in [0.05, 0.1) is 0 Å². The number of fused-ring (bicyclic) bond motifs is 1. The molecule has 0 fully saturated rings. The summed E-state index contributed by atoms with van der Waals surface area (Å²) in [5.74, 6) is 0.257. The minimum Gasteiger partial charge on any atom is -0.427 e. The molecule has 2 aromatic carbocycles. The predicted octanol–water partition coefficient (Wildman–Crippen LogP) is 3.56. The van der Waals surface area contributed by atoms with Gasteiger partial charge in [-0.3, -0.25) is 4.79 Å². The quantitative estimate of drug-likeness (QED) is 0.515. The van der Waals surface area contributed by atoms with Crippen LogP contribution in [0.5, 0.6) is 5.75 Å². The van der Waals surface area contributed by atoms with Crippen molar-refractivity contribution in [2.45, 2.75) is 6.92 Å². The summed E-state index contributed by atoms with van der Waals surface area (Å²) >= 11 is 0. The zero-order valence-corrected chi connectivity index (χ0v) is 10.5. The van der Waals surface area contributed by atoms with Crippen molar-refractivity contribution in [3.8, 4) is 11.4 Å². The third-order valence-electron chi connectivity index (χ3n) is 2.95. The van der Waals surface area contributed by atoms with E-state index in [-0.39, 0.29) is 5.97 Å². The van der Waals surface area contributed by atoms with Crippen molar-refractivity contribution in [2.24, 2.45) is 0 Å². The molecular weight excluding hydrogens is 238 g/mol. The molecule has 3 aromatic rings. The summed E-state index contributed by atoms with van der Waals surface area (Å²) in [6, 6.07) is 15.7. The predicted molar refractivity (Wildman–Crippen MR) is 74.6 cm³/mol. The Labute approximate surface area is 111 Å². The van der Waals surface area contributed by atoms with Crippen molar-refractivity contribution >= 4 is 16.7 Å². The van der Waals surface area contributed by atoms with Gasteiger partial charge in [-0.1, -0.05) is 24.3 Å². The molecule has 94 valence electrons. The fourth-order valence-electron chi connectivity index (χ4n) is 2.08. The maximum absolute atomic E-state index is 10.9. The Hall–Kier alpha value is -2.55. The van der Waals surface area contributed by atoms with Gasteiger partial charge in [0.2, 0.25) is 0 Å². The Balaban J connectivity index is 1.95. The maximum Gasteiger partial charge on any atom is 0.308 e. The lowest BCUT2D eigenvalue weighted by molar-refractivity contribution is -0.131. The molecule has 0 bridgehead atoms. The second kappa shape index (κ2) is 4.61. The lowest BCUT2D eigenvalue weighted by atomic mass is 10.2. The zero-order valence-electron chi connectivity index (χ0n) is 10.5. The first-order valence-electron chi connectivity index (χ1n) is 6.08. The van der Waals surface area contributed by atoms with E-state index < -0.39 is 0 Å². The minimum absolute atomic E-state index is 0.306. The van der Waals surface area contributed by atoms with Crippen LogP contribution in [-0.4, -0.2) is 10.5 Å². The van der Waals surface area contributed by atoms with Crippen LogP contribution in [0.4, 0.5) is 0 Å². The average Bonchev–Trinajstić information content (AvgIpc) is 2.82. The molecule has 3 rings (SSSR count). The van der Waals surface area contributed by atoms with Crippen LogP contribution < -0.4 is 4.74 Å². The summed E-state index contributed by atoms with van der Waals surface area (Å²) in [5, 5.41) is 2.40. The molecule has 1 aromatic heterocycles. The van der Waals surface area contributed by atoms with Crippen LogP contribution in [0, 0.1) is 0 Å². The number of hydrogen-bond acceptors (Lipinski definition) is 2. The Morgan fingerprint density at radius 2 is 1.53 bits per heavy atom. The van der Waals surface area contributed by atoms with E-state index in [0.29, 0.717) is 5.75 Å². The number of carbonyl (C=O) groups is 1. The van der Waals surface area contributed by atoms with E-state index in [1.165, 1.54) is 17.7 Å². The number of carbonyl (C=O) groups excluding carboxylic acids is 1. The van der Waals surface area contributed by atoms with Crippen molar-refractivity contribution in [3.05, 3.63) is 60.9 Å². The smallest absolute Gasteiger partial charge is 0.308 e. The van der Waals surface area contributed by atoms with Crippen molar-refractivity contribution in [1.29, 1.82) is 0 Å². The van der Waals surface area contributed by atoms with E-state index in [1.54, 1.807) is 12.1 Å².